The van der Waals surface area contributed by atoms with E-state index in [0.717, 1.165) is 0 Å². The van der Waals surface area contributed by atoms with E-state index in [2.05, 4.69) is 21.5 Å². The molecule has 1 saturated carbocycles. The third-order valence-corrected chi connectivity index (χ3v) is 6.75. The highest BCUT2D eigenvalue weighted by Gasteiger charge is 2.53. The molecule has 0 heterocycles. The molecule has 0 aliphatic heterocycles. The van der Waals surface area contributed by atoms with Gasteiger partial charge in [-0.2, -0.15) is 0 Å². The zero-order chi connectivity index (χ0) is 30.6. The number of carboxylic acids is 1. The lowest BCUT2D eigenvalue weighted by Gasteiger charge is -2.36. The molecule has 0 aromatic rings. The Bertz CT molecular complexity index is 859. The van der Waals surface area contributed by atoms with Crippen molar-refractivity contribution in [2.75, 3.05) is 59.4 Å². The summed E-state index contributed by atoms with van der Waals surface area (Å²) in [6.07, 6.45) is 4.68. The fraction of sp³-hybridized carbons (Fsp3) is 0.778. The quantitative estimate of drug-likeness (QED) is 0.0528. The molecule has 7 N–H and O–H groups in total. The molecule has 0 spiro atoms. The lowest BCUT2D eigenvalue weighted by molar-refractivity contribution is -0.145. The average molecular weight is 586 g/mol. The number of nitrogens with one attached hydrogen (secondary N) is 2. The second-order valence-corrected chi connectivity index (χ2v) is 9.57. The molecule has 1 rings (SSSR count). The fourth-order valence-electron chi connectivity index (χ4n) is 4.96. The maximum absolute atomic E-state index is 12.7. The predicted molar refractivity (Wildman–Crippen MR) is 151 cm³/mol. The molecule has 0 aromatic carbocycles. The number of hydrogen-bond acceptors (Lipinski definition) is 9. The third-order valence-electron chi connectivity index (χ3n) is 6.75. The van der Waals surface area contributed by atoms with E-state index in [-0.39, 0.29) is 44.0 Å². The van der Waals surface area contributed by atoms with Crippen LogP contribution < -0.4 is 22.1 Å². The molecule has 41 heavy (non-hydrogen) atoms. The second kappa shape index (κ2) is 20.7. The Balaban J connectivity index is 2.63. The normalized spacial score (nSPS) is 20.7. The van der Waals surface area contributed by atoms with E-state index < -0.39 is 42.1 Å². The van der Waals surface area contributed by atoms with Crippen LogP contribution in [-0.4, -0.2) is 107 Å². The van der Waals surface area contributed by atoms with Crippen molar-refractivity contribution in [3.63, 3.8) is 0 Å². The van der Waals surface area contributed by atoms with Gasteiger partial charge in [0.2, 0.25) is 5.91 Å². The minimum atomic E-state index is -1.14. The van der Waals surface area contributed by atoms with Crippen molar-refractivity contribution >= 4 is 23.9 Å². The monoisotopic (exact) mass is 585 g/mol. The van der Waals surface area contributed by atoms with Crippen LogP contribution in [0.4, 0.5) is 4.79 Å². The lowest BCUT2D eigenvalue weighted by Crippen LogP contribution is -2.52. The number of guanidine groups is 1. The number of aliphatic imine (C=N–C) groups is 1. The smallest absolute Gasteiger partial charge is 0.407 e. The summed E-state index contributed by atoms with van der Waals surface area (Å²) < 4.78 is 26.9. The van der Waals surface area contributed by atoms with Gasteiger partial charge < -0.3 is 50.9 Å². The molecule has 2 amide bonds. The zero-order valence-electron chi connectivity index (χ0n) is 24.3. The number of alkyl carbamates (subject to hydrolysis) is 1. The number of amides is 2. The largest absolute Gasteiger partial charge is 0.481 e. The number of nitrogens with two attached hydrogens (primary N) is 2. The van der Waals surface area contributed by atoms with E-state index in [1.165, 1.54) is 6.92 Å². The van der Waals surface area contributed by atoms with Crippen LogP contribution in [0.3, 0.4) is 0 Å². The number of rotatable bonds is 21. The number of terminal acetylenes is 1. The number of nitrogens with zero attached hydrogens (tertiary/aromatic N) is 1. The minimum absolute atomic E-state index is 0.0163. The highest BCUT2D eigenvalue weighted by atomic mass is 16.6. The molecule has 0 radical (unpaired) electrons. The van der Waals surface area contributed by atoms with Crippen molar-refractivity contribution < 1.29 is 43.2 Å². The topological polar surface area (TPSA) is 206 Å². The Kier molecular flexibility index (Phi) is 18.1. The predicted octanol–water partition coefficient (Wildman–Crippen LogP) is 0.0844. The van der Waals surface area contributed by atoms with Crippen LogP contribution in [0, 0.1) is 30.1 Å². The van der Waals surface area contributed by atoms with Crippen LogP contribution >= 0.6 is 0 Å². The van der Waals surface area contributed by atoms with Gasteiger partial charge in [0.1, 0.15) is 12.7 Å². The maximum atomic E-state index is 12.7. The molecular formula is C27H47N5O9. The van der Waals surface area contributed by atoms with Gasteiger partial charge >= 0.3 is 12.1 Å². The average Bonchev–Trinajstić information content (AvgIpc) is 3.25. The lowest BCUT2D eigenvalue weighted by atomic mass is 9.80. The van der Waals surface area contributed by atoms with E-state index in [1.54, 1.807) is 0 Å². The molecule has 0 aromatic heterocycles. The van der Waals surface area contributed by atoms with Crippen molar-refractivity contribution in [1.29, 1.82) is 0 Å². The van der Waals surface area contributed by atoms with Crippen molar-refractivity contribution in [2.45, 2.75) is 58.2 Å². The molecule has 14 nitrogen and oxygen atoms in total. The van der Waals surface area contributed by atoms with E-state index in [0.29, 0.717) is 52.5 Å². The van der Waals surface area contributed by atoms with Crippen LogP contribution in [0.25, 0.3) is 0 Å². The van der Waals surface area contributed by atoms with Gasteiger partial charge in [0.25, 0.3) is 0 Å². The second-order valence-electron chi connectivity index (χ2n) is 9.57. The standard InChI is InChI=1S/C27H47N5O9/c1-5-9-37-11-13-39-15-16-40-14-12-38-10-8-30-27(36)41-24-20(25(34)35)17-21(32-26(28)29)22(24)23(31-18(4)33)19(6-2)7-3/h1,19-24H,6-17H2,2-4H3,(H,30,36)(H,31,33)(H,34,35)(H4,28,29,32)/t20-,21?,22+,23-,24+/m0/s1. The van der Waals surface area contributed by atoms with Gasteiger partial charge in [-0.3, -0.25) is 9.59 Å². The number of carboxylic acid groups (broad SMARTS) is 1. The van der Waals surface area contributed by atoms with Crippen molar-refractivity contribution in [3.8, 4) is 12.3 Å². The Morgan fingerprint density at radius 1 is 1.00 bits per heavy atom. The summed E-state index contributed by atoms with van der Waals surface area (Å²) in [5, 5.41) is 15.5. The number of aliphatic carboxylic acids is 1. The Morgan fingerprint density at radius 2 is 1.56 bits per heavy atom. The van der Waals surface area contributed by atoms with Crippen molar-refractivity contribution in [1.82, 2.24) is 10.6 Å². The number of carbonyl (C=O) groups is 3. The van der Waals surface area contributed by atoms with E-state index in [4.69, 9.17) is 41.6 Å². The summed E-state index contributed by atoms with van der Waals surface area (Å²) in [6, 6.07) is -1.17. The maximum Gasteiger partial charge on any atom is 0.407 e. The first-order valence-electron chi connectivity index (χ1n) is 13.9. The molecule has 234 valence electrons. The molecule has 1 fully saturated rings. The van der Waals surface area contributed by atoms with Crippen LogP contribution in [0.2, 0.25) is 0 Å². The molecule has 0 bridgehead atoms. The van der Waals surface area contributed by atoms with Crippen LogP contribution in [-0.2, 0) is 33.3 Å². The summed E-state index contributed by atoms with van der Waals surface area (Å²) in [5.74, 6) is -0.988. The van der Waals surface area contributed by atoms with Gasteiger partial charge in [-0.15, -0.1) is 6.42 Å². The highest BCUT2D eigenvalue weighted by molar-refractivity contribution is 5.77. The molecule has 14 heteroatoms. The molecule has 1 aliphatic carbocycles. The summed E-state index contributed by atoms with van der Waals surface area (Å²) in [5.41, 5.74) is 11.3. The van der Waals surface area contributed by atoms with Gasteiger partial charge in [0.15, 0.2) is 5.96 Å². The van der Waals surface area contributed by atoms with E-state index in [1.807, 2.05) is 13.8 Å². The third kappa shape index (κ3) is 13.9. The van der Waals surface area contributed by atoms with Crippen molar-refractivity contribution in [2.24, 2.45) is 34.2 Å². The molecule has 1 unspecified atom stereocenters. The summed E-state index contributed by atoms with van der Waals surface area (Å²) in [4.78, 5) is 41.2. The molecule has 5 atom stereocenters. The van der Waals surface area contributed by atoms with Crippen LogP contribution in [0.5, 0.6) is 0 Å². The first-order chi connectivity index (χ1) is 19.7. The number of ether oxygens (including phenoxy) is 5. The van der Waals surface area contributed by atoms with E-state index >= 15 is 0 Å². The number of carbonyl (C=O) groups excluding carboxylic acids is 2. The highest BCUT2D eigenvalue weighted by Crippen LogP contribution is 2.41. The Labute approximate surface area is 242 Å². The molecule has 0 saturated heterocycles. The molecular weight excluding hydrogens is 538 g/mol. The van der Waals surface area contributed by atoms with Gasteiger partial charge in [0.05, 0.1) is 58.2 Å². The Hall–Kier alpha value is -3.12. The zero-order valence-corrected chi connectivity index (χ0v) is 24.3. The van der Waals surface area contributed by atoms with Crippen LogP contribution in [0.15, 0.2) is 4.99 Å². The minimum Gasteiger partial charge on any atom is -0.481 e. The van der Waals surface area contributed by atoms with Gasteiger partial charge in [-0.25, -0.2) is 9.79 Å². The number of hydrogen-bond donors (Lipinski definition) is 5. The summed E-state index contributed by atoms with van der Waals surface area (Å²) in [7, 11) is 0. The molecule has 1 aliphatic rings. The van der Waals surface area contributed by atoms with Gasteiger partial charge in [-0.05, 0) is 12.3 Å². The first-order valence-corrected chi connectivity index (χ1v) is 13.9. The summed E-state index contributed by atoms with van der Waals surface area (Å²) in [6.45, 7) is 8.23. The van der Waals surface area contributed by atoms with Gasteiger partial charge in [0, 0.05) is 25.4 Å². The van der Waals surface area contributed by atoms with E-state index in [9.17, 15) is 19.5 Å². The summed E-state index contributed by atoms with van der Waals surface area (Å²) >= 11 is 0. The SMILES string of the molecule is C#CCOCCOCCOCCOCCNC(=O)O[C@H]1[C@@H]([C@@H](NC(C)=O)C(CC)CC)C(N=C(N)N)C[C@@H]1C(=O)O. The van der Waals surface area contributed by atoms with Crippen LogP contribution in [0.1, 0.15) is 40.0 Å². The fourth-order valence-corrected chi connectivity index (χ4v) is 4.96. The first kappa shape index (κ1) is 35.9. The van der Waals surface area contributed by atoms with Gasteiger partial charge in [-0.1, -0.05) is 32.6 Å². The Morgan fingerprint density at radius 3 is 2.05 bits per heavy atom. The van der Waals surface area contributed by atoms with Crippen molar-refractivity contribution in [3.05, 3.63) is 0 Å².